The van der Waals surface area contributed by atoms with E-state index in [2.05, 4.69) is 10.1 Å². The molecular formula is C11H17N3O3S. The first-order chi connectivity index (χ1) is 8.63. The first-order valence-corrected chi connectivity index (χ1v) is 7.24. The Morgan fingerprint density at radius 2 is 1.89 bits per heavy atom. The lowest BCUT2D eigenvalue weighted by molar-refractivity contribution is 0.0495. The van der Waals surface area contributed by atoms with Crippen LogP contribution in [-0.4, -0.2) is 46.8 Å². The van der Waals surface area contributed by atoms with E-state index in [0.717, 1.165) is 13.1 Å². The molecule has 0 radical (unpaired) electrons. The Labute approximate surface area is 107 Å². The van der Waals surface area contributed by atoms with Gasteiger partial charge in [-0.25, -0.2) is 18.1 Å². The second kappa shape index (κ2) is 5.66. The zero-order valence-electron chi connectivity index (χ0n) is 10.2. The molecule has 0 saturated carbocycles. The van der Waals surface area contributed by atoms with Crippen molar-refractivity contribution in [1.82, 2.24) is 9.73 Å². The summed E-state index contributed by atoms with van der Waals surface area (Å²) in [5.41, 5.74) is 3.70. The lowest BCUT2D eigenvalue weighted by Crippen LogP contribution is -2.40. The maximum atomic E-state index is 11.9. The van der Waals surface area contributed by atoms with Crippen LogP contribution < -0.4 is 10.1 Å². The summed E-state index contributed by atoms with van der Waals surface area (Å²) in [6, 6.07) is 6.83. The van der Waals surface area contributed by atoms with Gasteiger partial charge >= 0.3 is 0 Å². The molecule has 1 aliphatic heterocycles. The number of hydrogen-bond acceptors (Lipinski definition) is 5. The van der Waals surface area contributed by atoms with E-state index in [4.69, 9.17) is 4.74 Å². The van der Waals surface area contributed by atoms with Crippen LogP contribution in [-0.2, 0) is 14.8 Å². The van der Waals surface area contributed by atoms with Crippen LogP contribution in [0.15, 0.2) is 29.2 Å². The molecule has 0 aromatic heterocycles. The number of nitrogens with one attached hydrogen (secondary N) is 2. The molecule has 0 spiro atoms. The number of morpholine rings is 1. The van der Waals surface area contributed by atoms with Gasteiger partial charge in [-0.15, -0.1) is 0 Å². The summed E-state index contributed by atoms with van der Waals surface area (Å²) in [5, 5.41) is 1.95. The van der Waals surface area contributed by atoms with Crippen LogP contribution in [0.5, 0.6) is 0 Å². The van der Waals surface area contributed by atoms with Crippen molar-refractivity contribution in [3.63, 3.8) is 0 Å². The lowest BCUT2D eigenvalue weighted by atomic mass is 10.3. The first-order valence-electron chi connectivity index (χ1n) is 5.75. The minimum absolute atomic E-state index is 0.249. The number of sulfonamides is 1. The third-order valence-electron chi connectivity index (χ3n) is 2.73. The van der Waals surface area contributed by atoms with E-state index >= 15 is 0 Å². The number of nitrogens with zero attached hydrogens (tertiary/aromatic N) is 1. The maximum absolute atomic E-state index is 11.9. The highest BCUT2D eigenvalue weighted by Gasteiger charge is 2.18. The largest absolute Gasteiger partial charge is 0.379 e. The molecule has 1 aromatic rings. The van der Waals surface area contributed by atoms with E-state index in [0.29, 0.717) is 18.9 Å². The fourth-order valence-electron chi connectivity index (χ4n) is 1.75. The molecule has 1 aromatic carbocycles. The van der Waals surface area contributed by atoms with Crippen molar-refractivity contribution >= 4 is 15.7 Å². The Bertz CT molecular complexity index is 498. The van der Waals surface area contributed by atoms with Crippen molar-refractivity contribution in [2.24, 2.45) is 0 Å². The molecule has 1 fully saturated rings. The van der Waals surface area contributed by atoms with Crippen molar-refractivity contribution in [2.75, 3.05) is 38.8 Å². The number of rotatable bonds is 4. The second-order valence-corrected chi connectivity index (χ2v) is 5.77. The molecular weight excluding hydrogens is 254 g/mol. The predicted octanol–water partition coefficient (Wildman–Crippen LogP) is 0.254. The van der Waals surface area contributed by atoms with Gasteiger partial charge in [0.25, 0.3) is 0 Å². The van der Waals surface area contributed by atoms with Gasteiger partial charge in [-0.1, -0.05) is 12.1 Å². The van der Waals surface area contributed by atoms with Crippen LogP contribution in [0.3, 0.4) is 0 Å². The third kappa shape index (κ3) is 2.99. The van der Waals surface area contributed by atoms with Gasteiger partial charge in [-0.2, -0.15) is 0 Å². The highest BCUT2D eigenvalue weighted by molar-refractivity contribution is 7.89. The molecule has 0 amide bonds. The number of hydrazine groups is 1. The Hall–Kier alpha value is -1.15. The van der Waals surface area contributed by atoms with Crippen LogP contribution in [0.2, 0.25) is 0 Å². The molecule has 1 aliphatic rings. The Morgan fingerprint density at radius 1 is 1.22 bits per heavy atom. The normalized spacial score (nSPS) is 17.6. The van der Waals surface area contributed by atoms with Crippen molar-refractivity contribution in [1.29, 1.82) is 0 Å². The molecule has 7 heteroatoms. The summed E-state index contributed by atoms with van der Waals surface area (Å²) in [6.07, 6.45) is 0. The Kier molecular flexibility index (Phi) is 4.18. The average Bonchev–Trinajstić information content (AvgIpc) is 2.40. The molecule has 0 bridgehead atoms. The number of anilines is 1. The fraction of sp³-hybridized carbons (Fsp3) is 0.455. The van der Waals surface area contributed by atoms with Gasteiger partial charge in [0.15, 0.2) is 0 Å². The molecule has 0 aliphatic carbocycles. The van der Waals surface area contributed by atoms with E-state index in [1.54, 1.807) is 24.3 Å². The molecule has 6 nitrogen and oxygen atoms in total. The van der Waals surface area contributed by atoms with Gasteiger partial charge < -0.3 is 10.2 Å². The summed E-state index contributed by atoms with van der Waals surface area (Å²) < 4.78 is 31.3. The number of para-hydroxylation sites is 1. The molecule has 1 saturated heterocycles. The van der Waals surface area contributed by atoms with Crippen LogP contribution in [0, 0.1) is 0 Å². The maximum Gasteiger partial charge on any atom is 0.242 e. The molecule has 1 heterocycles. The molecule has 0 unspecified atom stereocenters. The van der Waals surface area contributed by atoms with E-state index < -0.39 is 10.0 Å². The average molecular weight is 271 g/mol. The summed E-state index contributed by atoms with van der Waals surface area (Å²) in [7, 11) is -2.05. The number of hydrogen-bond donors (Lipinski definition) is 2. The smallest absolute Gasteiger partial charge is 0.242 e. The minimum Gasteiger partial charge on any atom is -0.379 e. The summed E-state index contributed by atoms with van der Waals surface area (Å²) >= 11 is 0. The highest BCUT2D eigenvalue weighted by atomic mass is 32.2. The molecule has 2 rings (SSSR count). The van der Waals surface area contributed by atoms with E-state index in [9.17, 15) is 8.42 Å². The second-order valence-electron chi connectivity index (χ2n) is 3.91. The van der Waals surface area contributed by atoms with Gasteiger partial charge in [0.2, 0.25) is 10.0 Å². The zero-order chi connectivity index (χ0) is 13.0. The Balaban J connectivity index is 2.22. The SMILES string of the molecule is CNS(=O)(=O)c1ccccc1NN1CCOCC1. The first kappa shape index (κ1) is 13.3. The predicted molar refractivity (Wildman–Crippen MR) is 68.7 cm³/mol. The lowest BCUT2D eigenvalue weighted by Gasteiger charge is -2.28. The van der Waals surface area contributed by atoms with Crippen LogP contribution in [0.1, 0.15) is 0 Å². The van der Waals surface area contributed by atoms with Gasteiger partial charge in [-0.05, 0) is 19.2 Å². The van der Waals surface area contributed by atoms with Crippen LogP contribution >= 0.6 is 0 Å². The molecule has 100 valence electrons. The van der Waals surface area contributed by atoms with E-state index in [-0.39, 0.29) is 4.90 Å². The van der Waals surface area contributed by atoms with Crippen molar-refractivity contribution < 1.29 is 13.2 Å². The third-order valence-corrected chi connectivity index (χ3v) is 4.21. The number of benzene rings is 1. The topological polar surface area (TPSA) is 70.7 Å². The van der Waals surface area contributed by atoms with Crippen LogP contribution in [0.25, 0.3) is 0 Å². The monoisotopic (exact) mass is 271 g/mol. The fourth-order valence-corrected chi connectivity index (χ4v) is 2.63. The molecule has 0 atom stereocenters. The van der Waals surface area contributed by atoms with Gasteiger partial charge in [-0.3, -0.25) is 0 Å². The van der Waals surface area contributed by atoms with Gasteiger partial charge in [0.1, 0.15) is 4.90 Å². The Morgan fingerprint density at radius 3 is 2.56 bits per heavy atom. The summed E-state index contributed by atoms with van der Waals surface area (Å²) in [5.74, 6) is 0. The van der Waals surface area contributed by atoms with E-state index in [1.165, 1.54) is 7.05 Å². The van der Waals surface area contributed by atoms with Crippen LogP contribution in [0.4, 0.5) is 5.69 Å². The van der Waals surface area contributed by atoms with E-state index in [1.807, 2.05) is 5.01 Å². The zero-order valence-corrected chi connectivity index (χ0v) is 11.0. The quantitative estimate of drug-likeness (QED) is 0.821. The van der Waals surface area contributed by atoms with Crippen molar-refractivity contribution in [3.8, 4) is 0 Å². The highest BCUT2D eigenvalue weighted by Crippen LogP contribution is 2.21. The summed E-state index contributed by atoms with van der Waals surface area (Å²) in [6.45, 7) is 2.75. The standard InChI is InChI=1S/C11H17N3O3S/c1-12-18(15,16)11-5-3-2-4-10(11)13-14-6-8-17-9-7-14/h2-5,12-13H,6-9H2,1H3. The summed E-state index contributed by atoms with van der Waals surface area (Å²) in [4.78, 5) is 0.249. The molecule has 18 heavy (non-hydrogen) atoms. The number of ether oxygens (including phenoxy) is 1. The molecule has 2 N–H and O–H groups in total. The minimum atomic E-state index is -3.45. The van der Waals surface area contributed by atoms with Crippen molar-refractivity contribution in [3.05, 3.63) is 24.3 Å². The van der Waals surface area contributed by atoms with Gasteiger partial charge in [0.05, 0.1) is 18.9 Å². The van der Waals surface area contributed by atoms with Crippen molar-refractivity contribution in [2.45, 2.75) is 4.90 Å². The van der Waals surface area contributed by atoms with Gasteiger partial charge in [0, 0.05) is 13.1 Å².